The number of fused-ring (bicyclic) bond motifs is 1. The first-order valence-electron chi connectivity index (χ1n) is 9.01. The van der Waals surface area contributed by atoms with Crippen molar-refractivity contribution in [2.24, 2.45) is 5.92 Å². The van der Waals surface area contributed by atoms with E-state index in [1.807, 2.05) is 0 Å². The van der Waals surface area contributed by atoms with Crippen LogP contribution in [0.15, 0.2) is 24.3 Å². The summed E-state index contributed by atoms with van der Waals surface area (Å²) in [5.74, 6) is 1.38. The lowest BCUT2D eigenvalue weighted by Crippen LogP contribution is -2.38. The summed E-state index contributed by atoms with van der Waals surface area (Å²) in [6.07, 6.45) is 4.85. The van der Waals surface area contributed by atoms with Gasteiger partial charge < -0.3 is 9.64 Å². The summed E-state index contributed by atoms with van der Waals surface area (Å²) in [4.78, 5) is 17.4. The first-order chi connectivity index (χ1) is 12.7. The van der Waals surface area contributed by atoms with Crippen molar-refractivity contribution in [3.63, 3.8) is 0 Å². The highest BCUT2D eigenvalue weighted by atomic mass is 16.6. The fraction of sp³-hybridized carbons (Fsp3) is 0.474. The highest BCUT2D eigenvalue weighted by Gasteiger charge is 2.30. The molecule has 0 amide bonds. The van der Waals surface area contributed by atoms with E-state index in [1.54, 1.807) is 12.1 Å². The van der Waals surface area contributed by atoms with Gasteiger partial charge in [-0.1, -0.05) is 0 Å². The van der Waals surface area contributed by atoms with Crippen LogP contribution in [0.3, 0.4) is 0 Å². The molecule has 7 nitrogen and oxygen atoms in total. The molecule has 1 unspecified atom stereocenters. The number of nitriles is 1. The van der Waals surface area contributed by atoms with Crippen molar-refractivity contribution >= 4 is 22.4 Å². The van der Waals surface area contributed by atoms with Crippen molar-refractivity contribution in [3.05, 3.63) is 39.9 Å². The van der Waals surface area contributed by atoms with Gasteiger partial charge >= 0.3 is 0 Å². The Kier molecular flexibility index (Phi) is 4.43. The molecule has 0 spiro atoms. The molecule has 134 valence electrons. The Balaban J connectivity index is 1.58. The molecule has 2 fully saturated rings. The predicted molar refractivity (Wildman–Crippen MR) is 97.0 cm³/mol. The Labute approximate surface area is 151 Å². The fourth-order valence-corrected chi connectivity index (χ4v) is 4.04. The second kappa shape index (κ2) is 6.89. The normalized spacial score (nSPS) is 21.0. The summed E-state index contributed by atoms with van der Waals surface area (Å²) in [5, 5.41) is 21.0. The molecule has 1 aromatic carbocycles. The van der Waals surface area contributed by atoms with Gasteiger partial charge in [0.05, 0.1) is 28.2 Å². The standard InChI is InChI=1S/C19H20N4O3/c20-12-14-10-19(21-17-4-3-15(23(24)25)11-16(14)17)22-7-5-13(6-8-22)18-2-1-9-26-18/h3-4,10-11,13,18H,1-2,5-9H2. The third kappa shape index (κ3) is 3.08. The van der Waals surface area contributed by atoms with Crippen molar-refractivity contribution in [2.45, 2.75) is 31.8 Å². The van der Waals surface area contributed by atoms with Crippen LogP contribution >= 0.6 is 0 Å². The van der Waals surface area contributed by atoms with Crippen LogP contribution < -0.4 is 4.90 Å². The monoisotopic (exact) mass is 352 g/mol. The van der Waals surface area contributed by atoms with E-state index in [9.17, 15) is 15.4 Å². The predicted octanol–water partition coefficient (Wildman–Crippen LogP) is 3.41. The molecular formula is C19H20N4O3. The minimum absolute atomic E-state index is 0.0269. The van der Waals surface area contributed by atoms with E-state index in [0.29, 0.717) is 28.5 Å². The lowest BCUT2D eigenvalue weighted by molar-refractivity contribution is -0.384. The summed E-state index contributed by atoms with van der Waals surface area (Å²) >= 11 is 0. The number of piperidine rings is 1. The first kappa shape index (κ1) is 16.7. The van der Waals surface area contributed by atoms with Gasteiger partial charge in [0.2, 0.25) is 0 Å². The van der Waals surface area contributed by atoms with Crippen LogP contribution in [0, 0.1) is 27.4 Å². The third-order valence-electron chi connectivity index (χ3n) is 5.46. The largest absolute Gasteiger partial charge is 0.378 e. The SMILES string of the molecule is N#Cc1cc(N2CCC(C3CCCO3)CC2)nc2ccc([N+](=O)[O-])cc12. The number of anilines is 1. The number of nitro benzene ring substituents is 1. The number of aromatic nitrogens is 1. The Morgan fingerprint density at radius 3 is 2.73 bits per heavy atom. The maximum Gasteiger partial charge on any atom is 0.270 e. The molecule has 0 bridgehead atoms. The average molecular weight is 352 g/mol. The number of pyridine rings is 1. The van der Waals surface area contributed by atoms with Gasteiger partial charge in [0.1, 0.15) is 5.82 Å². The highest BCUT2D eigenvalue weighted by Crippen LogP contribution is 2.32. The average Bonchev–Trinajstić information content (AvgIpc) is 3.21. The van der Waals surface area contributed by atoms with Gasteiger partial charge in [0.25, 0.3) is 5.69 Å². The molecule has 2 saturated heterocycles. The van der Waals surface area contributed by atoms with E-state index < -0.39 is 4.92 Å². The van der Waals surface area contributed by atoms with Crippen LogP contribution in [0.5, 0.6) is 0 Å². The van der Waals surface area contributed by atoms with Gasteiger partial charge in [-0.3, -0.25) is 10.1 Å². The number of hydrogen-bond acceptors (Lipinski definition) is 6. The van der Waals surface area contributed by atoms with Gasteiger partial charge in [0, 0.05) is 37.2 Å². The molecule has 1 atom stereocenters. The smallest absolute Gasteiger partial charge is 0.270 e. The van der Waals surface area contributed by atoms with Crippen LogP contribution in [0.2, 0.25) is 0 Å². The van der Waals surface area contributed by atoms with Crippen molar-refractivity contribution in [2.75, 3.05) is 24.6 Å². The van der Waals surface area contributed by atoms with E-state index in [1.165, 1.54) is 12.1 Å². The van der Waals surface area contributed by atoms with Crippen LogP contribution in [0.1, 0.15) is 31.2 Å². The van der Waals surface area contributed by atoms with Gasteiger partial charge in [-0.25, -0.2) is 4.98 Å². The van der Waals surface area contributed by atoms with Crippen molar-refractivity contribution < 1.29 is 9.66 Å². The molecular weight excluding hydrogens is 332 g/mol. The third-order valence-corrected chi connectivity index (χ3v) is 5.46. The van der Waals surface area contributed by atoms with Gasteiger partial charge in [-0.2, -0.15) is 5.26 Å². The van der Waals surface area contributed by atoms with E-state index in [-0.39, 0.29) is 5.69 Å². The van der Waals surface area contributed by atoms with E-state index in [4.69, 9.17) is 4.74 Å². The number of non-ortho nitro benzene ring substituents is 1. The van der Waals surface area contributed by atoms with Gasteiger partial charge in [-0.05, 0) is 43.7 Å². The van der Waals surface area contributed by atoms with Crippen LogP contribution in [-0.2, 0) is 4.74 Å². The molecule has 2 aromatic rings. The van der Waals surface area contributed by atoms with Crippen LogP contribution in [0.25, 0.3) is 10.9 Å². The maximum absolute atomic E-state index is 11.0. The van der Waals surface area contributed by atoms with Crippen molar-refractivity contribution in [1.82, 2.24) is 4.98 Å². The zero-order valence-electron chi connectivity index (χ0n) is 14.4. The lowest BCUT2D eigenvalue weighted by atomic mass is 9.90. The Morgan fingerprint density at radius 2 is 2.08 bits per heavy atom. The van der Waals surface area contributed by atoms with Crippen LogP contribution in [0.4, 0.5) is 11.5 Å². The van der Waals surface area contributed by atoms with E-state index in [2.05, 4.69) is 16.0 Å². The molecule has 0 radical (unpaired) electrons. The summed E-state index contributed by atoms with van der Waals surface area (Å²) < 4.78 is 5.83. The molecule has 4 rings (SSSR count). The molecule has 7 heteroatoms. The fourth-order valence-electron chi connectivity index (χ4n) is 4.04. The highest BCUT2D eigenvalue weighted by molar-refractivity contribution is 5.88. The molecule has 3 heterocycles. The zero-order chi connectivity index (χ0) is 18.1. The van der Waals surface area contributed by atoms with Gasteiger partial charge in [0.15, 0.2) is 0 Å². The van der Waals surface area contributed by atoms with Crippen molar-refractivity contribution in [1.29, 1.82) is 5.26 Å². The number of hydrogen-bond donors (Lipinski definition) is 0. The van der Waals surface area contributed by atoms with Gasteiger partial charge in [-0.15, -0.1) is 0 Å². The summed E-state index contributed by atoms with van der Waals surface area (Å²) in [6.45, 7) is 2.66. The summed E-state index contributed by atoms with van der Waals surface area (Å²) in [7, 11) is 0. The Morgan fingerprint density at radius 1 is 1.27 bits per heavy atom. The quantitative estimate of drug-likeness (QED) is 0.621. The Bertz CT molecular complexity index is 878. The maximum atomic E-state index is 11.0. The topological polar surface area (TPSA) is 92.3 Å². The van der Waals surface area contributed by atoms with E-state index in [0.717, 1.165) is 51.2 Å². The lowest BCUT2D eigenvalue weighted by Gasteiger charge is -2.35. The first-order valence-corrected chi connectivity index (χ1v) is 9.01. The number of rotatable bonds is 3. The van der Waals surface area contributed by atoms with Crippen LogP contribution in [-0.4, -0.2) is 35.7 Å². The zero-order valence-corrected chi connectivity index (χ0v) is 14.4. The number of benzene rings is 1. The van der Waals surface area contributed by atoms with E-state index >= 15 is 0 Å². The van der Waals surface area contributed by atoms with Crippen molar-refractivity contribution in [3.8, 4) is 6.07 Å². The summed E-state index contributed by atoms with van der Waals surface area (Å²) in [6, 6.07) is 8.39. The molecule has 2 aliphatic heterocycles. The number of nitrogens with zero attached hydrogens (tertiary/aromatic N) is 4. The molecule has 0 aliphatic carbocycles. The number of ether oxygens (including phenoxy) is 1. The minimum Gasteiger partial charge on any atom is -0.378 e. The number of nitro groups is 1. The second-order valence-corrected chi connectivity index (χ2v) is 6.97. The molecule has 0 N–H and O–H groups in total. The molecule has 26 heavy (non-hydrogen) atoms. The second-order valence-electron chi connectivity index (χ2n) is 6.97. The Hall–Kier alpha value is -2.72. The molecule has 1 aromatic heterocycles. The molecule has 2 aliphatic rings. The molecule has 0 saturated carbocycles. The summed E-state index contributed by atoms with van der Waals surface area (Å²) in [5.41, 5.74) is 1.02. The minimum atomic E-state index is -0.454.